The smallest absolute Gasteiger partial charge is 0.316 e. The van der Waals surface area contributed by atoms with Crippen molar-refractivity contribution >= 4 is 11.9 Å². The summed E-state index contributed by atoms with van der Waals surface area (Å²) in [6, 6.07) is 0. The highest BCUT2D eigenvalue weighted by atomic mass is 16.4. The normalized spacial score (nSPS) is 19.2. The molecule has 1 atom stereocenters. The first-order valence-corrected chi connectivity index (χ1v) is 7.37. The van der Waals surface area contributed by atoms with Crippen LogP contribution in [-0.4, -0.2) is 59.5 Å². The molecule has 0 aliphatic carbocycles. The summed E-state index contributed by atoms with van der Waals surface area (Å²) in [5, 5.41) is 9.32. The number of aliphatic carboxylic acids is 1. The number of rotatable bonds is 4. The van der Waals surface area contributed by atoms with E-state index in [4.69, 9.17) is 0 Å². The van der Waals surface area contributed by atoms with E-state index in [0.717, 1.165) is 19.6 Å². The van der Waals surface area contributed by atoms with Crippen LogP contribution in [-0.2, 0) is 9.59 Å². The zero-order chi connectivity index (χ0) is 15.5. The minimum atomic E-state index is -1.02. The summed E-state index contributed by atoms with van der Waals surface area (Å²) in [5.41, 5.74) is -0.558. The van der Waals surface area contributed by atoms with Gasteiger partial charge >= 0.3 is 5.97 Å². The Labute approximate surface area is 121 Å². The molecule has 1 heterocycles. The number of carboxylic acids is 1. The topological polar surface area (TPSA) is 60.9 Å². The van der Waals surface area contributed by atoms with Crippen molar-refractivity contribution < 1.29 is 14.7 Å². The summed E-state index contributed by atoms with van der Waals surface area (Å²) in [5.74, 6) is -1.61. The number of nitrogens with zero attached hydrogens (tertiary/aromatic N) is 2. The van der Waals surface area contributed by atoms with Crippen LogP contribution in [0.2, 0.25) is 0 Å². The Bertz CT molecular complexity index is 353. The first kappa shape index (κ1) is 17.0. The van der Waals surface area contributed by atoms with Gasteiger partial charge < -0.3 is 10.0 Å². The lowest BCUT2D eigenvalue weighted by molar-refractivity contribution is -0.157. The number of hydrogen-bond acceptors (Lipinski definition) is 3. The predicted molar refractivity (Wildman–Crippen MR) is 78.4 cm³/mol. The highest BCUT2D eigenvalue weighted by molar-refractivity contribution is 5.97. The highest BCUT2D eigenvalue weighted by Gasteiger charge is 2.40. The Morgan fingerprint density at radius 3 is 1.95 bits per heavy atom. The van der Waals surface area contributed by atoms with E-state index < -0.39 is 17.3 Å². The van der Waals surface area contributed by atoms with Crippen LogP contribution in [0.15, 0.2) is 0 Å². The molecule has 1 rings (SSSR count). The molecule has 5 nitrogen and oxygen atoms in total. The van der Waals surface area contributed by atoms with Crippen LogP contribution in [0.4, 0.5) is 0 Å². The number of carboxylic acid groups (broad SMARTS) is 1. The van der Waals surface area contributed by atoms with Crippen LogP contribution in [0.5, 0.6) is 0 Å². The Balaban J connectivity index is 2.64. The second kappa shape index (κ2) is 6.57. The second-order valence-electron chi connectivity index (χ2n) is 7.16. The van der Waals surface area contributed by atoms with Gasteiger partial charge in [-0.1, -0.05) is 34.6 Å². The van der Waals surface area contributed by atoms with E-state index in [9.17, 15) is 14.7 Å². The van der Waals surface area contributed by atoms with Gasteiger partial charge in [-0.05, 0) is 11.3 Å². The van der Waals surface area contributed by atoms with Crippen molar-refractivity contribution in [3.05, 3.63) is 0 Å². The van der Waals surface area contributed by atoms with Crippen LogP contribution >= 0.6 is 0 Å². The summed E-state index contributed by atoms with van der Waals surface area (Å²) in [4.78, 5) is 27.9. The van der Waals surface area contributed by atoms with Crippen molar-refractivity contribution in [2.75, 3.05) is 32.7 Å². The van der Waals surface area contributed by atoms with Crippen LogP contribution in [0.1, 0.15) is 34.6 Å². The van der Waals surface area contributed by atoms with Gasteiger partial charge in [-0.25, -0.2) is 0 Å². The molecule has 116 valence electrons. The van der Waals surface area contributed by atoms with Gasteiger partial charge in [0.15, 0.2) is 0 Å². The van der Waals surface area contributed by atoms with Gasteiger partial charge in [0.1, 0.15) is 5.92 Å². The number of hydrogen-bond donors (Lipinski definition) is 1. The average molecular weight is 284 g/mol. The van der Waals surface area contributed by atoms with Crippen molar-refractivity contribution in [2.45, 2.75) is 34.6 Å². The monoisotopic (exact) mass is 284 g/mol. The van der Waals surface area contributed by atoms with E-state index in [-0.39, 0.29) is 5.91 Å². The summed E-state index contributed by atoms with van der Waals surface area (Å²) in [6.45, 7) is 13.7. The molecule has 1 fully saturated rings. The zero-order valence-corrected chi connectivity index (χ0v) is 13.3. The molecule has 20 heavy (non-hydrogen) atoms. The molecule has 5 heteroatoms. The van der Waals surface area contributed by atoms with Gasteiger partial charge in [0.05, 0.1) is 0 Å². The molecule has 0 aromatic heterocycles. The van der Waals surface area contributed by atoms with Gasteiger partial charge in [-0.2, -0.15) is 0 Å². The Hall–Kier alpha value is -1.10. The van der Waals surface area contributed by atoms with E-state index >= 15 is 0 Å². The highest BCUT2D eigenvalue weighted by Crippen LogP contribution is 2.28. The molecule has 0 spiro atoms. The molecule has 1 saturated heterocycles. The zero-order valence-electron chi connectivity index (χ0n) is 13.3. The third-order valence-electron chi connectivity index (χ3n) is 3.67. The molecular weight excluding hydrogens is 256 g/mol. The fourth-order valence-electron chi connectivity index (χ4n) is 2.70. The number of piperazine rings is 1. The number of carbonyl (C=O) groups excluding carboxylic acids is 1. The molecule has 0 aromatic carbocycles. The third-order valence-corrected chi connectivity index (χ3v) is 3.67. The first-order valence-electron chi connectivity index (χ1n) is 7.37. The molecular formula is C15H28N2O3. The molecule has 1 amide bonds. The summed E-state index contributed by atoms with van der Waals surface area (Å²) in [7, 11) is 0. The van der Waals surface area contributed by atoms with Gasteiger partial charge in [0.2, 0.25) is 5.91 Å². The summed E-state index contributed by atoms with van der Waals surface area (Å²) < 4.78 is 0. The SMILES string of the molecule is CC(C)CN1CCN(C(=O)C(C(=O)O)C(C)(C)C)CC1. The van der Waals surface area contributed by atoms with Gasteiger partial charge in [0, 0.05) is 32.7 Å². The second-order valence-corrected chi connectivity index (χ2v) is 7.16. The minimum Gasteiger partial charge on any atom is -0.481 e. The van der Waals surface area contributed by atoms with Crippen LogP contribution in [0.3, 0.4) is 0 Å². The Morgan fingerprint density at radius 1 is 1.10 bits per heavy atom. The van der Waals surface area contributed by atoms with E-state index in [1.807, 2.05) is 0 Å². The van der Waals surface area contributed by atoms with Crippen molar-refractivity contribution in [1.29, 1.82) is 0 Å². The third kappa shape index (κ3) is 4.47. The minimum absolute atomic E-state index is 0.241. The molecule has 1 aliphatic rings. The van der Waals surface area contributed by atoms with Crippen LogP contribution in [0, 0.1) is 17.3 Å². The quantitative estimate of drug-likeness (QED) is 0.795. The van der Waals surface area contributed by atoms with Crippen LogP contribution < -0.4 is 0 Å². The van der Waals surface area contributed by atoms with E-state index in [0.29, 0.717) is 19.0 Å². The number of amides is 1. The lowest BCUT2D eigenvalue weighted by Gasteiger charge is -2.38. The standard InChI is InChI=1S/C15H28N2O3/c1-11(2)10-16-6-8-17(9-7-16)13(18)12(14(19)20)15(3,4)5/h11-12H,6-10H2,1-5H3,(H,19,20). The fraction of sp³-hybridized carbons (Fsp3) is 0.867. The van der Waals surface area contributed by atoms with Gasteiger partial charge in [-0.15, -0.1) is 0 Å². The van der Waals surface area contributed by atoms with E-state index in [1.54, 1.807) is 25.7 Å². The molecule has 1 N–H and O–H groups in total. The maximum Gasteiger partial charge on any atom is 0.316 e. The lowest BCUT2D eigenvalue weighted by atomic mass is 9.79. The molecule has 1 unspecified atom stereocenters. The number of carbonyl (C=O) groups is 2. The Morgan fingerprint density at radius 2 is 1.60 bits per heavy atom. The molecule has 1 aliphatic heterocycles. The largest absolute Gasteiger partial charge is 0.481 e. The molecule has 0 radical (unpaired) electrons. The average Bonchev–Trinajstić information content (AvgIpc) is 2.26. The first-order chi connectivity index (χ1) is 9.12. The maximum absolute atomic E-state index is 12.4. The molecule has 0 saturated carbocycles. The van der Waals surface area contributed by atoms with Crippen molar-refractivity contribution in [3.8, 4) is 0 Å². The summed E-state index contributed by atoms with van der Waals surface area (Å²) in [6.07, 6.45) is 0. The van der Waals surface area contributed by atoms with Crippen LogP contribution in [0.25, 0.3) is 0 Å². The van der Waals surface area contributed by atoms with E-state index in [2.05, 4.69) is 18.7 Å². The molecule has 0 aromatic rings. The fourth-order valence-corrected chi connectivity index (χ4v) is 2.70. The Kier molecular flexibility index (Phi) is 5.57. The van der Waals surface area contributed by atoms with Crippen molar-refractivity contribution in [1.82, 2.24) is 9.80 Å². The lowest BCUT2D eigenvalue weighted by Crippen LogP contribution is -2.53. The molecule has 0 bridgehead atoms. The van der Waals surface area contributed by atoms with Crippen molar-refractivity contribution in [3.63, 3.8) is 0 Å². The van der Waals surface area contributed by atoms with Gasteiger partial charge in [0.25, 0.3) is 0 Å². The van der Waals surface area contributed by atoms with E-state index in [1.165, 1.54) is 0 Å². The van der Waals surface area contributed by atoms with Gasteiger partial charge in [-0.3, -0.25) is 14.5 Å². The maximum atomic E-state index is 12.4. The van der Waals surface area contributed by atoms with Crippen molar-refractivity contribution in [2.24, 2.45) is 17.3 Å². The predicted octanol–water partition coefficient (Wildman–Crippen LogP) is 1.53. The summed E-state index contributed by atoms with van der Waals surface area (Å²) >= 11 is 0.